The van der Waals surface area contributed by atoms with Crippen LogP contribution in [0.4, 0.5) is 0 Å². The summed E-state index contributed by atoms with van der Waals surface area (Å²) in [7, 11) is -3.26. The van der Waals surface area contributed by atoms with Gasteiger partial charge in [-0.3, -0.25) is 0 Å². The summed E-state index contributed by atoms with van der Waals surface area (Å²) in [5.74, 6) is -0.932. The number of rotatable bonds is 5. The zero-order chi connectivity index (χ0) is 19.9. The summed E-state index contributed by atoms with van der Waals surface area (Å²) >= 11 is 0. The highest BCUT2D eigenvalue weighted by Gasteiger charge is 2.27. The number of hydrogen-bond donors (Lipinski definition) is 2. The van der Waals surface area contributed by atoms with Gasteiger partial charge in [-0.2, -0.15) is 0 Å². The van der Waals surface area contributed by atoms with Crippen LogP contribution in [-0.2, 0) is 29.4 Å². The minimum Gasteiger partial charge on any atom is -0.478 e. The van der Waals surface area contributed by atoms with Gasteiger partial charge < -0.3 is 9.67 Å². The average Bonchev–Trinajstić information content (AvgIpc) is 2.94. The molecule has 1 aromatic heterocycles. The molecule has 2 N–H and O–H groups in total. The number of sulfonamides is 1. The second-order valence-corrected chi connectivity index (χ2v) is 9.10. The first-order chi connectivity index (χ1) is 13.3. The molecule has 2 aromatic carbocycles. The minimum atomic E-state index is -3.26. The first-order valence-corrected chi connectivity index (χ1v) is 11.1. The fraction of sp³-hybridized carbons (Fsp3) is 0.286. The van der Waals surface area contributed by atoms with E-state index in [0.29, 0.717) is 18.5 Å². The van der Waals surface area contributed by atoms with E-state index in [1.807, 2.05) is 30.3 Å². The molecular formula is C21H22N2O4S. The van der Waals surface area contributed by atoms with Crippen LogP contribution < -0.4 is 4.72 Å². The number of aromatic carboxylic acids is 1. The minimum absolute atomic E-state index is 0.118. The Balaban J connectivity index is 1.79. The summed E-state index contributed by atoms with van der Waals surface area (Å²) in [5.41, 5.74) is 4.42. The fourth-order valence-corrected chi connectivity index (χ4v) is 5.03. The Morgan fingerprint density at radius 3 is 2.64 bits per heavy atom. The van der Waals surface area contributed by atoms with Gasteiger partial charge in [0.15, 0.2) is 0 Å². The lowest BCUT2D eigenvalue weighted by Crippen LogP contribution is -2.38. The van der Waals surface area contributed by atoms with Crippen LogP contribution in [0.3, 0.4) is 0 Å². The van der Waals surface area contributed by atoms with Gasteiger partial charge in [0.05, 0.1) is 11.8 Å². The number of benzene rings is 2. The number of carboxylic acids is 1. The maximum absolute atomic E-state index is 11.7. The van der Waals surface area contributed by atoms with Gasteiger partial charge in [0.25, 0.3) is 0 Å². The van der Waals surface area contributed by atoms with Crippen molar-refractivity contribution in [2.24, 2.45) is 0 Å². The summed E-state index contributed by atoms with van der Waals surface area (Å²) in [4.78, 5) is 11.6. The van der Waals surface area contributed by atoms with Crippen molar-refractivity contribution in [2.75, 3.05) is 6.26 Å². The normalized spacial score (nSPS) is 16.8. The van der Waals surface area contributed by atoms with Crippen molar-refractivity contribution >= 4 is 26.9 Å². The Hall–Kier alpha value is -2.64. The molecular weight excluding hydrogens is 376 g/mol. The number of hydrogen-bond acceptors (Lipinski definition) is 3. The highest BCUT2D eigenvalue weighted by molar-refractivity contribution is 7.88. The summed E-state index contributed by atoms with van der Waals surface area (Å²) in [6.45, 7) is 0.475. The topological polar surface area (TPSA) is 88.4 Å². The number of para-hydroxylation sites is 1. The second kappa shape index (κ2) is 7.07. The molecule has 4 rings (SSSR count). The lowest BCUT2D eigenvalue weighted by molar-refractivity contribution is 0.0695. The molecule has 0 spiro atoms. The van der Waals surface area contributed by atoms with Crippen LogP contribution in [0.15, 0.2) is 48.5 Å². The van der Waals surface area contributed by atoms with E-state index in [0.717, 1.165) is 40.6 Å². The van der Waals surface area contributed by atoms with Crippen molar-refractivity contribution in [1.29, 1.82) is 0 Å². The monoisotopic (exact) mass is 398 g/mol. The van der Waals surface area contributed by atoms with Crippen LogP contribution in [0.25, 0.3) is 10.9 Å². The molecule has 7 heteroatoms. The lowest BCUT2D eigenvalue weighted by atomic mass is 9.92. The third-order valence-electron chi connectivity index (χ3n) is 5.33. The predicted octanol–water partition coefficient (Wildman–Crippen LogP) is 2.79. The van der Waals surface area contributed by atoms with Crippen LogP contribution in [0.2, 0.25) is 0 Å². The van der Waals surface area contributed by atoms with Crippen molar-refractivity contribution in [3.63, 3.8) is 0 Å². The van der Waals surface area contributed by atoms with E-state index in [4.69, 9.17) is 0 Å². The van der Waals surface area contributed by atoms with Crippen molar-refractivity contribution in [2.45, 2.75) is 31.8 Å². The predicted molar refractivity (Wildman–Crippen MR) is 108 cm³/mol. The standard InChI is InChI=1S/C21H22N2O4S/c1-28(26,27)22-15-10-11-20-18(12-15)17-8-4-5-9-19(17)23(20)13-14-6-2-3-7-16(14)21(24)25/h2-9,15,22H,10-13H2,1H3,(H,24,25). The molecule has 0 radical (unpaired) electrons. The van der Waals surface area contributed by atoms with E-state index in [9.17, 15) is 18.3 Å². The zero-order valence-corrected chi connectivity index (χ0v) is 16.4. The van der Waals surface area contributed by atoms with Crippen molar-refractivity contribution in [3.05, 3.63) is 70.9 Å². The van der Waals surface area contributed by atoms with E-state index in [1.54, 1.807) is 12.1 Å². The first kappa shape index (κ1) is 18.7. The van der Waals surface area contributed by atoms with Gasteiger partial charge >= 0.3 is 5.97 Å². The maximum atomic E-state index is 11.7. The number of carboxylic acid groups (broad SMARTS) is 1. The zero-order valence-electron chi connectivity index (χ0n) is 15.6. The SMILES string of the molecule is CS(=O)(=O)NC1CCc2c(c3ccccc3n2Cc2ccccc2C(=O)O)C1. The molecule has 0 fully saturated rings. The van der Waals surface area contributed by atoms with Gasteiger partial charge in [-0.15, -0.1) is 0 Å². The van der Waals surface area contributed by atoms with Crippen molar-refractivity contribution in [1.82, 2.24) is 9.29 Å². The van der Waals surface area contributed by atoms with Gasteiger partial charge in [0, 0.05) is 29.2 Å². The Labute approximate surface area is 163 Å². The van der Waals surface area contributed by atoms with E-state index in [-0.39, 0.29) is 6.04 Å². The highest BCUT2D eigenvalue weighted by atomic mass is 32.2. The van der Waals surface area contributed by atoms with Crippen LogP contribution >= 0.6 is 0 Å². The third-order valence-corrected chi connectivity index (χ3v) is 6.09. The molecule has 3 aromatic rings. The smallest absolute Gasteiger partial charge is 0.336 e. The molecule has 1 atom stereocenters. The van der Waals surface area contributed by atoms with Crippen molar-refractivity contribution < 1.29 is 18.3 Å². The molecule has 0 bridgehead atoms. The largest absolute Gasteiger partial charge is 0.478 e. The van der Waals surface area contributed by atoms with E-state index >= 15 is 0 Å². The number of fused-ring (bicyclic) bond motifs is 3. The highest BCUT2D eigenvalue weighted by Crippen LogP contribution is 2.33. The van der Waals surface area contributed by atoms with E-state index in [2.05, 4.69) is 15.4 Å². The van der Waals surface area contributed by atoms with Crippen LogP contribution in [0.1, 0.15) is 33.6 Å². The van der Waals surface area contributed by atoms with Crippen LogP contribution in [0, 0.1) is 0 Å². The Kier molecular flexibility index (Phi) is 4.72. The summed E-state index contributed by atoms with van der Waals surface area (Å²) in [5, 5.41) is 10.6. The molecule has 1 aliphatic rings. The molecule has 0 saturated carbocycles. The number of aromatic nitrogens is 1. The molecule has 28 heavy (non-hydrogen) atoms. The molecule has 0 amide bonds. The average molecular weight is 398 g/mol. The van der Waals surface area contributed by atoms with E-state index in [1.165, 1.54) is 6.26 Å². The molecule has 146 valence electrons. The van der Waals surface area contributed by atoms with E-state index < -0.39 is 16.0 Å². The summed E-state index contributed by atoms with van der Waals surface area (Å²) in [6.07, 6.45) is 3.29. The Morgan fingerprint density at radius 1 is 1.18 bits per heavy atom. The fourth-order valence-electron chi connectivity index (χ4n) is 4.22. The molecule has 6 nitrogen and oxygen atoms in total. The number of carbonyl (C=O) groups is 1. The molecule has 1 aliphatic carbocycles. The second-order valence-electron chi connectivity index (χ2n) is 7.32. The Bertz CT molecular complexity index is 1160. The van der Waals surface area contributed by atoms with Gasteiger partial charge in [0.2, 0.25) is 10.0 Å². The molecule has 0 aliphatic heterocycles. The number of nitrogens with one attached hydrogen (secondary N) is 1. The van der Waals surface area contributed by atoms with Gasteiger partial charge in [-0.25, -0.2) is 17.9 Å². The van der Waals surface area contributed by atoms with Crippen LogP contribution in [-0.4, -0.2) is 36.4 Å². The Morgan fingerprint density at radius 2 is 1.89 bits per heavy atom. The summed E-state index contributed by atoms with van der Waals surface area (Å²) in [6, 6.07) is 15.0. The lowest BCUT2D eigenvalue weighted by Gasteiger charge is -2.24. The first-order valence-electron chi connectivity index (χ1n) is 9.21. The quantitative estimate of drug-likeness (QED) is 0.692. The maximum Gasteiger partial charge on any atom is 0.336 e. The summed E-state index contributed by atoms with van der Waals surface area (Å²) < 4.78 is 28.2. The van der Waals surface area contributed by atoms with Gasteiger partial charge in [0.1, 0.15) is 0 Å². The molecule has 0 saturated heterocycles. The van der Waals surface area contributed by atoms with Gasteiger partial charge in [-0.05, 0) is 42.5 Å². The van der Waals surface area contributed by atoms with Crippen LogP contribution in [0.5, 0.6) is 0 Å². The van der Waals surface area contributed by atoms with Gasteiger partial charge in [-0.1, -0.05) is 36.4 Å². The molecule has 1 unspecified atom stereocenters. The number of nitrogens with zero attached hydrogens (tertiary/aromatic N) is 1. The van der Waals surface area contributed by atoms with Crippen molar-refractivity contribution in [3.8, 4) is 0 Å². The molecule has 1 heterocycles. The third kappa shape index (κ3) is 3.55.